The molecule has 39 heavy (non-hydrogen) atoms. The monoisotopic (exact) mass is 525 g/mol. The van der Waals surface area contributed by atoms with Crippen LogP contribution in [0.3, 0.4) is 0 Å². The Morgan fingerprint density at radius 1 is 0.615 bits per heavy atom. The Morgan fingerprint density at radius 3 is 1.46 bits per heavy atom. The second-order valence-corrected chi connectivity index (χ2v) is 11.4. The van der Waals surface area contributed by atoms with Crippen LogP contribution in [0.25, 0.3) is 0 Å². The van der Waals surface area contributed by atoms with Gasteiger partial charge in [-0.25, -0.2) is 0 Å². The maximum Gasteiger partial charge on any atom is 0.0368 e. The van der Waals surface area contributed by atoms with E-state index in [-0.39, 0.29) is 5.92 Å². The Morgan fingerprint density at radius 2 is 1.05 bits per heavy atom. The van der Waals surface area contributed by atoms with Gasteiger partial charge in [-0.05, 0) is 119 Å². The highest BCUT2D eigenvalue weighted by atomic mass is 15.1. The number of anilines is 3. The van der Waals surface area contributed by atoms with Crippen molar-refractivity contribution in [3.8, 4) is 0 Å². The van der Waals surface area contributed by atoms with Gasteiger partial charge in [0.2, 0.25) is 0 Å². The van der Waals surface area contributed by atoms with Gasteiger partial charge in [-0.2, -0.15) is 0 Å². The predicted molar refractivity (Wildman–Crippen MR) is 172 cm³/mol. The minimum atomic E-state index is 0.204. The summed E-state index contributed by atoms with van der Waals surface area (Å²) >= 11 is 0. The fraction of sp³-hybridized carbons (Fsp3) is 0.500. The van der Waals surface area contributed by atoms with Crippen LogP contribution in [0.15, 0.2) is 60.7 Å². The molecular formula is C36H51N3. The highest BCUT2D eigenvalue weighted by Gasteiger charge is 2.23. The molecule has 3 nitrogen and oxygen atoms in total. The minimum Gasteiger partial charge on any atom is -0.372 e. The fourth-order valence-corrected chi connectivity index (χ4v) is 6.65. The van der Waals surface area contributed by atoms with Gasteiger partial charge in [-0.15, -0.1) is 0 Å². The topological polar surface area (TPSA) is 9.72 Å². The average molecular weight is 526 g/mol. The highest BCUT2D eigenvalue weighted by Crippen LogP contribution is 2.39. The first-order chi connectivity index (χ1) is 18.9. The number of hydrogen-bond acceptors (Lipinski definition) is 3. The van der Waals surface area contributed by atoms with Gasteiger partial charge in [0.15, 0.2) is 0 Å². The van der Waals surface area contributed by atoms with Crippen LogP contribution < -0.4 is 14.7 Å². The Bertz CT molecular complexity index is 1120. The summed E-state index contributed by atoms with van der Waals surface area (Å²) < 4.78 is 0. The van der Waals surface area contributed by atoms with E-state index in [0.717, 1.165) is 26.2 Å². The van der Waals surface area contributed by atoms with Crippen molar-refractivity contribution in [2.24, 2.45) is 0 Å². The molecule has 210 valence electrons. The van der Waals surface area contributed by atoms with Crippen LogP contribution in [-0.2, 0) is 0 Å². The Labute approximate surface area is 238 Å². The summed E-state index contributed by atoms with van der Waals surface area (Å²) in [6.45, 7) is 17.7. The summed E-state index contributed by atoms with van der Waals surface area (Å²) in [5.41, 5.74) is 10.9. The zero-order valence-corrected chi connectivity index (χ0v) is 25.6. The number of hydrogen-bond donors (Lipinski definition) is 0. The van der Waals surface area contributed by atoms with E-state index < -0.39 is 0 Å². The largest absolute Gasteiger partial charge is 0.372 e. The second kappa shape index (κ2) is 13.4. The number of benzene rings is 3. The van der Waals surface area contributed by atoms with Crippen molar-refractivity contribution in [1.29, 1.82) is 0 Å². The lowest BCUT2D eigenvalue weighted by atomic mass is 9.81. The van der Waals surface area contributed by atoms with Crippen molar-refractivity contribution in [2.45, 2.75) is 85.6 Å². The highest BCUT2D eigenvalue weighted by molar-refractivity contribution is 5.60. The van der Waals surface area contributed by atoms with Crippen LogP contribution in [0.2, 0.25) is 0 Å². The van der Waals surface area contributed by atoms with Crippen molar-refractivity contribution >= 4 is 17.1 Å². The van der Waals surface area contributed by atoms with Gasteiger partial charge in [-0.1, -0.05) is 43.5 Å². The van der Waals surface area contributed by atoms with E-state index >= 15 is 0 Å². The molecule has 0 atom stereocenters. The van der Waals surface area contributed by atoms with Crippen LogP contribution in [-0.4, -0.2) is 39.3 Å². The quantitative estimate of drug-likeness (QED) is 0.231. The number of aryl methyl sites for hydroxylation is 2. The zero-order valence-electron chi connectivity index (χ0n) is 25.6. The first-order valence-electron chi connectivity index (χ1n) is 15.4. The Kier molecular flexibility index (Phi) is 9.99. The third-order valence-corrected chi connectivity index (χ3v) is 9.14. The summed E-state index contributed by atoms with van der Waals surface area (Å²) in [5.74, 6) is 0.204. The lowest BCUT2D eigenvalue weighted by Gasteiger charge is -2.33. The molecule has 0 aliphatic heterocycles. The van der Waals surface area contributed by atoms with E-state index in [1.165, 1.54) is 77.0 Å². The number of rotatable bonds is 11. The van der Waals surface area contributed by atoms with Crippen molar-refractivity contribution in [1.82, 2.24) is 0 Å². The predicted octanol–water partition coefficient (Wildman–Crippen LogP) is 8.94. The molecule has 0 heterocycles. The molecule has 1 saturated carbocycles. The summed E-state index contributed by atoms with van der Waals surface area (Å²) in [7, 11) is 2.29. The average Bonchev–Trinajstić information content (AvgIpc) is 2.97. The molecule has 0 bridgehead atoms. The molecule has 1 aliphatic carbocycles. The first kappa shape index (κ1) is 29.1. The van der Waals surface area contributed by atoms with Gasteiger partial charge in [0.1, 0.15) is 0 Å². The Hall–Kier alpha value is -2.94. The van der Waals surface area contributed by atoms with Gasteiger partial charge in [0, 0.05) is 62.2 Å². The SMILES string of the molecule is CCN(CC)c1ccc(C(c2ccc(N(C)C3CCCCC3)cc2)c2ccc(N(CC)CC)cc2C)c(C)c1. The maximum absolute atomic E-state index is 2.52. The normalized spacial score (nSPS) is 14.1. The second-order valence-electron chi connectivity index (χ2n) is 11.4. The van der Waals surface area contributed by atoms with Crippen LogP contribution in [0.1, 0.15) is 93.5 Å². The van der Waals surface area contributed by atoms with E-state index in [2.05, 4.69) is 124 Å². The van der Waals surface area contributed by atoms with Gasteiger partial charge in [0.25, 0.3) is 0 Å². The Balaban J connectivity index is 1.75. The van der Waals surface area contributed by atoms with Crippen LogP contribution in [0.4, 0.5) is 17.1 Å². The van der Waals surface area contributed by atoms with Crippen molar-refractivity contribution < 1.29 is 0 Å². The molecule has 0 aromatic heterocycles. The lowest BCUT2D eigenvalue weighted by molar-refractivity contribution is 0.427. The van der Waals surface area contributed by atoms with Crippen LogP contribution >= 0.6 is 0 Å². The van der Waals surface area contributed by atoms with Crippen molar-refractivity contribution in [3.63, 3.8) is 0 Å². The van der Waals surface area contributed by atoms with Crippen molar-refractivity contribution in [3.05, 3.63) is 88.5 Å². The van der Waals surface area contributed by atoms with Gasteiger partial charge in [-0.3, -0.25) is 0 Å². The van der Waals surface area contributed by atoms with E-state index in [4.69, 9.17) is 0 Å². The van der Waals surface area contributed by atoms with Gasteiger partial charge >= 0.3 is 0 Å². The minimum absolute atomic E-state index is 0.204. The molecule has 0 radical (unpaired) electrons. The molecule has 0 N–H and O–H groups in total. The molecule has 0 saturated heterocycles. The van der Waals surface area contributed by atoms with E-state index in [0.29, 0.717) is 6.04 Å². The molecule has 1 fully saturated rings. The standard InChI is InChI=1S/C36H51N3/c1-8-38(9-2)32-21-23-34(27(5)25-32)36(35-24-22-33(26-28(35)6)39(10-3)11-4)29-17-19-31(20-18-29)37(7)30-15-13-12-14-16-30/h17-26,30,36H,8-16H2,1-7H3. The van der Waals surface area contributed by atoms with Crippen LogP contribution in [0, 0.1) is 13.8 Å². The molecule has 0 unspecified atom stereocenters. The van der Waals surface area contributed by atoms with E-state index in [1.807, 2.05) is 0 Å². The third kappa shape index (κ3) is 6.45. The van der Waals surface area contributed by atoms with Crippen LogP contribution in [0.5, 0.6) is 0 Å². The van der Waals surface area contributed by atoms with Gasteiger partial charge in [0.05, 0.1) is 0 Å². The molecule has 0 spiro atoms. The summed E-state index contributed by atoms with van der Waals surface area (Å²) in [6, 6.07) is 24.3. The first-order valence-corrected chi connectivity index (χ1v) is 15.4. The van der Waals surface area contributed by atoms with Gasteiger partial charge < -0.3 is 14.7 Å². The molecule has 1 aliphatic rings. The van der Waals surface area contributed by atoms with E-state index in [9.17, 15) is 0 Å². The smallest absolute Gasteiger partial charge is 0.0368 e. The molecule has 3 heteroatoms. The van der Waals surface area contributed by atoms with E-state index in [1.54, 1.807) is 0 Å². The summed E-state index contributed by atoms with van der Waals surface area (Å²) in [4.78, 5) is 7.39. The molecule has 3 aromatic carbocycles. The molecule has 3 aromatic rings. The summed E-state index contributed by atoms with van der Waals surface area (Å²) in [5, 5.41) is 0. The molecule has 0 amide bonds. The molecular weight excluding hydrogens is 474 g/mol. The zero-order chi connectivity index (χ0) is 27.9. The maximum atomic E-state index is 2.52. The number of nitrogens with zero attached hydrogens (tertiary/aromatic N) is 3. The molecule has 4 rings (SSSR count). The van der Waals surface area contributed by atoms with Crippen molar-refractivity contribution in [2.75, 3.05) is 47.9 Å². The lowest BCUT2D eigenvalue weighted by Crippen LogP contribution is -2.33. The third-order valence-electron chi connectivity index (χ3n) is 9.14. The summed E-state index contributed by atoms with van der Waals surface area (Å²) in [6.07, 6.45) is 6.75. The fourth-order valence-electron chi connectivity index (χ4n) is 6.65.